The Morgan fingerprint density at radius 1 is 1.12 bits per heavy atom. The van der Waals surface area contributed by atoms with Crippen molar-refractivity contribution in [3.8, 4) is 16.9 Å². The number of aromatic nitrogens is 1. The molecule has 0 bridgehead atoms. The predicted octanol–water partition coefficient (Wildman–Crippen LogP) is 2.67. The number of ether oxygens (including phenoxy) is 1. The summed E-state index contributed by atoms with van der Waals surface area (Å²) in [4.78, 5) is 14.8. The molecule has 3 nitrogen and oxygen atoms in total. The molecule has 0 fully saturated rings. The molecular weight excluding hydrogens is 202 g/mol. The van der Waals surface area contributed by atoms with Gasteiger partial charge in [-0.2, -0.15) is 0 Å². The molecule has 0 aliphatic carbocycles. The molecule has 3 heteroatoms. The van der Waals surface area contributed by atoms with E-state index in [-0.39, 0.29) is 5.97 Å². The quantitative estimate of drug-likeness (QED) is 0.568. The van der Waals surface area contributed by atoms with Crippen LogP contribution in [0.5, 0.6) is 5.75 Å². The molecule has 0 atom stereocenters. The number of pyridine rings is 1. The molecule has 80 valence electrons. The van der Waals surface area contributed by atoms with Gasteiger partial charge in [0.1, 0.15) is 5.75 Å². The molecule has 0 aliphatic rings. The monoisotopic (exact) mass is 213 g/mol. The standard InChI is InChI=1S/C13H11NO2/c1-10(15)16-13-6-4-11(5-7-13)12-3-2-8-14-9-12/h2-9H,1H3. The minimum Gasteiger partial charge on any atom is -0.427 e. The zero-order chi connectivity index (χ0) is 11.4. The molecule has 0 saturated carbocycles. The Balaban J connectivity index is 2.23. The Labute approximate surface area is 93.7 Å². The SMILES string of the molecule is CC(=O)Oc1ccc(-c2cccnc2)cc1. The van der Waals surface area contributed by atoms with Gasteiger partial charge in [-0.05, 0) is 29.3 Å². The lowest BCUT2D eigenvalue weighted by Gasteiger charge is -2.03. The lowest BCUT2D eigenvalue weighted by atomic mass is 10.1. The van der Waals surface area contributed by atoms with Gasteiger partial charge in [-0.25, -0.2) is 0 Å². The molecule has 1 aromatic carbocycles. The molecule has 0 saturated heterocycles. The van der Waals surface area contributed by atoms with E-state index in [1.165, 1.54) is 6.92 Å². The fourth-order valence-corrected chi connectivity index (χ4v) is 1.41. The van der Waals surface area contributed by atoms with E-state index in [0.29, 0.717) is 5.75 Å². The van der Waals surface area contributed by atoms with Gasteiger partial charge in [0.2, 0.25) is 0 Å². The van der Waals surface area contributed by atoms with Crippen LogP contribution in [0.25, 0.3) is 11.1 Å². The van der Waals surface area contributed by atoms with Crippen molar-refractivity contribution in [2.45, 2.75) is 6.92 Å². The van der Waals surface area contributed by atoms with Crippen LogP contribution in [0.15, 0.2) is 48.8 Å². The zero-order valence-electron chi connectivity index (χ0n) is 8.88. The average molecular weight is 213 g/mol. The highest BCUT2D eigenvalue weighted by molar-refractivity contribution is 5.70. The van der Waals surface area contributed by atoms with E-state index in [4.69, 9.17) is 4.74 Å². The maximum absolute atomic E-state index is 10.7. The van der Waals surface area contributed by atoms with Gasteiger partial charge < -0.3 is 4.74 Å². The van der Waals surface area contributed by atoms with Crippen LogP contribution in [0.4, 0.5) is 0 Å². The largest absolute Gasteiger partial charge is 0.427 e. The molecule has 0 amide bonds. The second kappa shape index (κ2) is 4.57. The van der Waals surface area contributed by atoms with E-state index < -0.39 is 0 Å². The average Bonchev–Trinajstić information content (AvgIpc) is 2.30. The first-order valence-electron chi connectivity index (χ1n) is 4.94. The van der Waals surface area contributed by atoms with E-state index in [2.05, 4.69) is 4.98 Å². The van der Waals surface area contributed by atoms with Crippen LogP contribution < -0.4 is 4.74 Å². The van der Waals surface area contributed by atoms with Crippen LogP contribution in [0.1, 0.15) is 6.92 Å². The molecule has 0 aliphatic heterocycles. The Hall–Kier alpha value is -2.16. The number of hydrogen-bond donors (Lipinski definition) is 0. The van der Waals surface area contributed by atoms with Crippen molar-refractivity contribution in [1.29, 1.82) is 0 Å². The minimum absolute atomic E-state index is 0.311. The highest BCUT2D eigenvalue weighted by Gasteiger charge is 1.99. The van der Waals surface area contributed by atoms with Crippen LogP contribution >= 0.6 is 0 Å². The van der Waals surface area contributed by atoms with Gasteiger partial charge in [0, 0.05) is 19.3 Å². The second-order valence-electron chi connectivity index (χ2n) is 3.36. The first-order valence-corrected chi connectivity index (χ1v) is 4.94. The minimum atomic E-state index is -0.311. The third-order valence-electron chi connectivity index (χ3n) is 2.11. The van der Waals surface area contributed by atoms with Crippen molar-refractivity contribution in [2.24, 2.45) is 0 Å². The first-order chi connectivity index (χ1) is 7.75. The Morgan fingerprint density at radius 3 is 2.44 bits per heavy atom. The van der Waals surface area contributed by atoms with Crippen molar-refractivity contribution >= 4 is 5.97 Å². The van der Waals surface area contributed by atoms with Gasteiger partial charge in [0.05, 0.1) is 0 Å². The van der Waals surface area contributed by atoms with Gasteiger partial charge in [-0.3, -0.25) is 9.78 Å². The number of benzene rings is 1. The zero-order valence-corrected chi connectivity index (χ0v) is 8.88. The summed E-state index contributed by atoms with van der Waals surface area (Å²) in [6.45, 7) is 1.38. The number of nitrogens with zero attached hydrogens (tertiary/aromatic N) is 1. The summed E-state index contributed by atoms with van der Waals surface area (Å²) in [6, 6.07) is 11.2. The van der Waals surface area contributed by atoms with Gasteiger partial charge >= 0.3 is 5.97 Å². The highest BCUT2D eigenvalue weighted by Crippen LogP contribution is 2.21. The lowest BCUT2D eigenvalue weighted by Crippen LogP contribution is -2.00. The number of carbonyl (C=O) groups excluding carboxylic acids is 1. The molecule has 2 rings (SSSR count). The summed E-state index contributed by atoms with van der Waals surface area (Å²) in [6.07, 6.45) is 3.53. The van der Waals surface area contributed by atoms with Crippen LogP contribution in [0.3, 0.4) is 0 Å². The van der Waals surface area contributed by atoms with Gasteiger partial charge in [-0.15, -0.1) is 0 Å². The van der Waals surface area contributed by atoms with Crippen LogP contribution in [0.2, 0.25) is 0 Å². The topological polar surface area (TPSA) is 39.2 Å². The molecule has 1 aromatic heterocycles. The van der Waals surface area contributed by atoms with Crippen molar-refractivity contribution in [3.63, 3.8) is 0 Å². The van der Waals surface area contributed by atoms with E-state index >= 15 is 0 Å². The highest BCUT2D eigenvalue weighted by atomic mass is 16.5. The summed E-state index contributed by atoms with van der Waals surface area (Å²) in [5.74, 6) is 0.245. The summed E-state index contributed by atoms with van der Waals surface area (Å²) in [5, 5.41) is 0. The molecule has 0 unspecified atom stereocenters. The second-order valence-corrected chi connectivity index (χ2v) is 3.36. The number of esters is 1. The van der Waals surface area contributed by atoms with Crippen LogP contribution in [0, 0.1) is 0 Å². The fourth-order valence-electron chi connectivity index (χ4n) is 1.41. The van der Waals surface area contributed by atoms with E-state index in [0.717, 1.165) is 11.1 Å². The summed E-state index contributed by atoms with van der Waals surface area (Å²) < 4.78 is 4.95. The smallest absolute Gasteiger partial charge is 0.308 e. The maximum atomic E-state index is 10.7. The normalized spacial score (nSPS) is 9.81. The Morgan fingerprint density at radius 2 is 1.88 bits per heavy atom. The lowest BCUT2D eigenvalue weighted by molar-refractivity contribution is -0.131. The summed E-state index contributed by atoms with van der Waals surface area (Å²) in [7, 11) is 0. The Kier molecular flexibility index (Phi) is 2.96. The third kappa shape index (κ3) is 2.45. The number of hydrogen-bond acceptors (Lipinski definition) is 3. The van der Waals surface area contributed by atoms with Crippen molar-refractivity contribution in [3.05, 3.63) is 48.8 Å². The van der Waals surface area contributed by atoms with Crippen molar-refractivity contribution in [1.82, 2.24) is 4.98 Å². The van der Waals surface area contributed by atoms with Gasteiger partial charge in [0.25, 0.3) is 0 Å². The maximum Gasteiger partial charge on any atom is 0.308 e. The molecule has 2 aromatic rings. The van der Waals surface area contributed by atoms with Gasteiger partial charge in [-0.1, -0.05) is 18.2 Å². The number of carbonyl (C=O) groups is 1. The molecular formula is C13H11NO2. The molecule has 16 heavy (non-hydrogen) atoms. The van der Waals surface area contributed by atoms with Crippen LogP contribution in [-0.4, -0.2) is 11.0 Å². The molecule has 0 N–H and O–H groups in total. The van der Waals surface area contributed by atoms with Crippen molar-refractivity contribution < 1.29 is 9.53 Å². The third-order valence-corrected chi connectivity index (χ3v) is 2.11. The van der Waals surface area contributed by atoms with Gasteiger partial charge in [0.15, 0.2) is 0 Å². The number of rotatable bonds is 2. The summed E-state index contributed by atoms with van der Waals surface area (Å²) >= 11 is 0. The predicted molar refractivity (Wildman–Crippen MR) is 61.0 cm³/mol. The Bertz CT molecular complexity index is 477. The molecule has 1 heterocycles. The first kappa shape index (κ1) is 10.4. The van der Waals surface area contributed by atoms with Crippen LogP contribution in [-0.2, 0) is 4.79 Å². The molecule has 0 spiro atoms. The van der Waals surface area contributed by atoms with E-state index in [9.17, 15) is 4.79 Å². The molecule has 0 radical (unpaired) electrons. The summed E-state index contributed by atoms with van der Waals surface area (Å²) in [5.41, 5.74) is 2.08. The van der Waals surface area contributed by atoms with E-state index in [1.807, 2.05) is 24.3 Å². The fraction of sp³-hybridized carbons (Fsp3) is 0.0769. The van der Waals surface area contributed by atoms with Crippen molar-refractivity contribution in [2.75, 3.05) is 0 Å². The van der Waals surface area contributed by atoms with E-state index in [1.54, 1.807) is 24.5 Å².